The molecule has 0 spiro atoms. The van der Waals surface area contributed by atoms with Crippen LogP contribution in [-0.4, -0.2) is 0 Å². The molecular weight excluding hydrogens is 108 g/mol. The maximum atomic E-state index is 3.91. The predicted octanol–water partition coefficient (Wildman–Crippen LogP) is 3.10. The Morgan fingerprint density at radius 2 is 1.33 bits per heavy atom. The van der Waals surface area contributed by atoms with E-state index in [0.717, 1.165) is 0 Å². The van der Waals surface area contributed by atoms with Crippen LogP contribution in [0.5, 0.6) is 0 Å². The first kappa shape index (κ1) is 9.00. The lowest BCUT2D eigenvalue weighted by molar-refractivity contribution is 0.526. The van der Waals surface area contributed by atoms with Gasteiger partial charge in [0.25, 0.3) is 0 Å². The van der Waals surface area contributed by atoms with Crippen LogP contribution in [-0.2, 0) is 0 Å². The molecule has 0 aromatic heterocycles. The molecule has 0 nitrogen and oxygen atoms in total. The van der Waals surface area contributed by atoms with Crippen LogP contribution in [0.3, 0.4) is 0 Å². The first-order valence-corrected chi connectivity index (χ1v) is 3.79. The van der Waals surface area contributed by atoms with Crippen molar-refractivity contribution in [3.05, 3.63) is 13.8 Å². The van der Waals surface area contributed by atoms with Crippen molar-refractivity contribution in [3.8, 4) is 0 Å². The predicted molar refractivity (Wildman–Crippen MR) is 42.9 cm³/mol. The van der Waals surface area contributed by atoms with E-state index in [1.807, 2.05) is 0 Å². The fourth-order valence-corrected chi connectivity index (χ4v) is 0.815. The highest BCUT2D eigenvalue weighted by Gasteiger charge is 1.96. The zero-order valence-electron chi connectivity index (χ0n) is 6.69. The van der Waals surface area contributed by atoms with Crippen molar-refractivity contribution in [1.82, 2.24) is 0 Å². The van der Waals surface area contributed by atoms with Crippen molar-refractivity contribution in [1.29, 1.82) is 0 Å². The van der Waals surface area contributed by atoms with Gasteiger partial charge in [0.15, 0.2) is 0 Å². The van der Waals surface area contributed by atoms with E-state index in [-0.39, 0.29) is 0 Å². The molecule has 0 heterocycles. The van der Waals surface area contributed by atoms with Crippen molar-refractivity contribution in [2.24, 2.45) is 11.8 Å². The van der Waals surface area contributed by atoms with Gasteiger partial charge in [-0.25, -0.2) is 0 Å². The Labute approximate surface area is 59.7 Å². The zero-order chi connectivity index (χ0) is 7.28. The quantitative estimate of drug-likeness (QED) is 0.543. The standard InChI is InChI=1S/C9H18/c1-8(2)6-5-7-9(3)4/h8-9H,1,3,5-7H2,2,4H3. The second-order valence-electron chi connectivity index (χ2n) is 3.14. The smallest absolute Gasteiger partial charge is 0.0443 e. The van der Waals surface area contributed by atoms with Crippen LogP contribution in [0.2, 0.25) is 0 Å². The minimum Gasteiger partial charge on any atom is -0.0625 e. The van der Waals surface area contributed by atoms with Gasteiger partial charge in [-0.2, -0.15) is 0 Å². The van der Waals surface area contributed by atoms with Gasteiger partial charge in [0.2, 0.25) is 0 Å². The summed E-state index contributed by atoms with van der Waals surface area (Å²) in [4.78, 5) is 0. The first-order valence-electron chi connectivity index (χ1n) is 3.79. The second-order valence-corrected chi connectivity index (χ2v) is 3.14. The van der Waals surface area contributed by atoms with Gasteiger partial charge in [-0.1, -0.05) is 47.0 Å². The molecule has 2 atom stereocenters. The van der Waals surface area contributed by atoms with Crippen molar-refractivity contribution >= 4 is 0 Å². The minimum absolute atomic E-state index is 0.615. The lowest BCUT2D eigenvalue weighted by atomic mass is 10.0. The molecular formula is C9H18. The van der Waals surface area contributed by atoms with Crippen molar-refractivity contribution < 1.29 is 0 Å². The summed E-state index contributed by atoms with van der Waals surface area (Å²) in [6.45, 7) is 12.2. The monoisotopic (exact) mass is 126 g/mol. The zero-order valence-corrected chi connectivity index (χ0v) is 6.69. The van der Waals surface area contributed by atoms with Crippen LogP contribution >= 0.6 is 0 Å². The fourth-order valence-electron chi connectivity index (χ4n) is 0.815. The fraction of sp³-hybridized carbons (Fsp3) is 0.778. The SMILES string of the molecule is [CH2]C(C)CCCC([CH2])C. The summed E-state index contributed by atoms with van der Waals surface area (Å²) in [5.74, 6) is 1.23. The summed E-state index contributed by atoms with van der Waals surface area (Å²) in [6, 6.07) is 0. The molecule has 0 saturated heterocycles. The van der Waals surface area contributed by atoms with Gasteiger partial charge in [-0.15, -0.1) is 0 Å². The lowest BCUT2D eigenvalue weighted by Gasteiger charge is -2.05. The third-order valence-electron chi connectivity index (χ3n) is 1.39. The van der Waals surface area contributed by atoms with Crippen LogP contribution < -0.4 is 0 Å². The van der Waals surface area contributed by atoms with E-state index in [4.69, 9.17) is 0 Å². The molecule has 54 valence electrons. The van der Waals surface area contributed by atoms with Crippen LogP contribution in [0, 0.1) is 25.7 Å². The maximum absolute atomic E-state index is 3.91. The van der Waals surface area contributed by atoms with Crippen LogP contribution in [0.1, 0.15) is 33.1 Å². The molecule has 2 radical (unpaired) electrons. The topological polar surface area (TPSA) is 0 Å². The van der Waals surface area contributed by atoms with Crippen LogP contribution in [0.15, 0.2) is 0 Å². The van der Waals surface area contributed by atoms with Gasteiger partial charge in [-0.3, -0.25) is 0 Å². The summed E-state index contributed by atoms with van der Waals surface area (Å²) in [6.07, 6.45) is 3.79. The Morgan fingerprint density at radius 3 is 1.56 bits per heavy atom. The summed E-state index contributed by atoms with van der Waals surface area (Å²) < 4.78 is 0. The van der Waals surface area contributed by atoms with Crippen molar-refractivity contribution in [2.45, 2.75) is 33.1 Å². The molecule has 0 aliphatic heterocycles. The molecule has 0 aliphatic rings. The molecule has 0 aliphatic carbocycles. The highest BCUT2D eigenvalue weighted by Crippen LogP contribution is 2.10. The van der Waals surface area contributed by atoms with E-state index in [1.54, 1.807) is 0 Å². The minimum atomic E-state index is 0.615. The molecule has 2 unspecified atom stereocenters. The van der Waals surface area contributed by atoms with E-state index >= 15 is 0 Å². The summed E-state index contributed by atoms with van der Waals surface area (Å²) >= 11 is 0. The van der Waals surface area contributed by atoms with Gasteiger partial charge in [-0.05, 0) is 11.8 Å². The Hall–Kier alpha value is 0. The Kier molecular flexibility index (Phi) is 4.84. The molecule has 0 amide bonds. The van der Waals surface area contributed by atoms with Crippen LogP contribution in [0.25, 0.3) is 0 Å². The number of rotatable bonds is 4. The molecule has 0 saturated carbocycles. The first-order chi connectivity index (χ1) is 4.13. The van der Waals surface area contributed by atoms with Crippen LogP contribution in [0.4, 0.5) is 0 Å². The van der Waals surface area contributed by atoms with E-state index < -0.39 is 0 Å². The Morgan fingerprint density at radius 1 is 1.00 bits per heavy atom. The molecule has 0 fully saturated rings. The highest BCUT2D eigenvalue weighted by atomic mass is 14.0. The molecule has 9 heavy (non-hydrogen) atoms. The van der Waals surface area contributed by atoms with Gasteiger partial charge < -0.3 is 0 Å². The molecule has 0 N–H and O–H groups in total. The number of hydrogen-bond donors (Lipinski definition) is 0. The molecule has 0 aromatic rings. The molecule has 0 bridgehead atoms. The van der Waals surface area contributed by atoms with E-state index in [1.165, 1.54) is 19.3 Å². The highest BCUT2D eigenvalue weighted by molar-refractivity contribution is 4.58. The molecule has 0 aromatic carbocycles. The third-order valence-corrected chi connectivity index (χ3v) is 1.39. The van der Waals surface area contributed by atoms with Gasteiger partial charge >= 0.3 is 0 Å². The van der Waals surface area contributed by atoms with Crippen molar-refractivity contribution in [2.75, 3.05) is 0 Å². The Bertz CT molecular complexity index is 45.1. The largest absolute Gasteiger partial charge is 0.0625 e. The lowest BCUT2D eigenvalue weighted by Crippen LogP contribution is -1.91. The van der Waals surface area contributed by atoms with Gasteiger partial charge in [0.05, 0.1) is 0 Å². The Balaban J connectivity index is 2.91. The van der Waals surface area contributed by atoms with Gasteiger partial charge in [0.1, 0.15) is 0 Å². The second kappa shape index (κ2) is 4.84. The normalized spacial score (nSPS) is 11.3. The van der Waals surface area contributed by atoms with E-state index in [9.17, 15) is 0 Å². The number of hydrogen-bond acceptors (Lipinski definition) is 0. The molecule has 0 rings (SSSR count). The average molecular weight is 126 g/mol. The van der Waals surface area contributed by atoms with Crippen molar-refractivity contribution in [3.63, 3.8) is 0 Å². The maximum Gasteiger partial charge on any atom is -0.0443 e. The van der Waals surface area contributed by atoms with E-state index in [2.05, 4.69) is 27.7 Å². The summed E-state index contributed by atoms with van der Waals surface area (Å²) in [5, 5.41) is 0. The van der Waals surface area contributed by atoms with E-state index in [0.29, 0.717) is 11.8 Å². The summed E-state index contributed by atoms with van der Waals surface area (Å²) in [5.41, 5.74) is 0. The molecule has 0 heteroatoms. The third kappa shape index (κ3) is 8.00. The average Bonchev–Trinajstić information content (AvgIpc) is 1.63. The van der Waals surface area contributed by atoms with Gasteiger partial charge in [0, 0.05) is 0 Å². The summed E-state index contributed by atoms with van der Waals surface area (Å²) in [7, 11) is 0.